The van der Waals surface area contributed by atoms with Crippen molar-refractivity contribution in [3.8, 4) is 0 Å². The van der Waals surface area contributed by atoms with Crippen LogP contribution in [0.25, 0.3) is 0 Å². The molecule has 1 N–H and O–H groups in total. The van der Waals surface area contributed by atoms with Gasteiger partial charge in [-0.3, -0.25) is 14.6 Å². The number of amides is 2. The molecule has 2 amide bonds. The monoisotopic (exact) mass is 271 g/mol. The van der Waals surface area contributed by atoms with E-state index in [-0.39, 0.29) is 17.7 Å². The Bertz CT molecular complexity index is 549. The Morgan fingerprint density at radius 3 is 2.95 bits per heavy atom. The van der Waals surface area contributed by atoms with Gasteiger partial charge in [0.25, 0.3) is 0 Å². The maximum absolute atomic E-state index is 12.0. The van der Waals surface area contributed by atoms with Crippen molar-refractivity contribution < 1.29 is 9.59 Å². The number of pyridine rings is 1. The maximum atomic E-state index is 12.0. The second kappa shape index (κ2) is 5.45. The SMILES string of the molecule is O=C(NCc1cccnc1)C1=CCN(C(=O)C2CC2)C1. The number of aromatic nitrogens is 1. The van der Waals surface area contributed by atoms with Crippen LogP contribution >= 0.6 is 0 Å². The molecule has 0 aromatic carbocycles. The Labute approximate surface area is 117 Å². The summed E-state index contributed by atoms with van der Waals surface area (Å²) in [7, 11) is 0. The Morgan fingerprint density at radius 1 is 1.40 bits per heavy atom. The van der Waals surface area contributed by atoms with Gasteiger partial charge in [-0.25, -0.2) is 0 Å². The molecular weight excluding hydrogens is 254 g/mol. The van der Waals surface area contributed by atoms with Gasteiger partial charge in [0.1, 0.15) is 0 Å². The molecule has 1 aliphatic carbocycles. The highest BCUT2D eigenvalue weighted by Gasteiger charge is 2.35. The summed E-state index contributed by atoms with van der Waals surface area (Å²) < 4.78 is 0. The van der Waals surface area contributed by atoms with Crippen molar-refractivity contribution >= 4 is 11.8 Å². The van der Waals surface area contributed by atoms with Crippen molar-refractivity contribution in [2.75, 3.05) is 13.1 Å². The van der Waals surface area contributed by atoms with Crippen molar-refractivity contribution in [1.82, 2.24) is 15.2 Å². The molecule has 5 heteroatoms. The number of hydrogen-bond acceptors (Lipinski definition) is 3. The van der Waals surface area contributed by atoms with Gasteiger partial charge in [-0.15, -0.1) is 0 Å². The van der Waals surface area contributed by atoms with Crippen LogP contribution in [0.2, 0.25) is 0 Å². The fourth-order valence-electron chi connectivity index (χ4n) is 2.27. The fraction of sp³-hybridized carbons (Fsp3) is 0.400. The van der Waals surface area contributed by atoms with Crippen molar-refractivity contribution in [3.05, 3.63) is 41.7 Å². The van der Waals surface area contributed by atoms with E-state index in [1.807, 2.05) is 18.2 Å². The van der Waals surface area contributed by atoms with E-state index >= 15 is 0 Å². The van der Waals surface area contributed by atoms with E-state index < -0.39 is 0 Å². The minimum atomic E-state index is -0.0973. The number of nitrogens with one attached hydrogen (secondary N) is 1. The highest BCUT2D eigenvalue weighted by Crippen LogP contribution is 2.32. The lowest BCUT2D eigenvalue weighted by Crippen LogP contribution is -2.33. The zero-order chi connectivity index (χ0) is 13.9. The van der Waals surface area contributed by atoms with Crippen molar-refractivity contribution in [2.45, 2.75) is 19.4 Å². The topological polar surface area (TPSA) is 62.3 Å². The largest absolute Gasteiger partial charge is 0.348 e. The van der Waals surface area contributed by atoms with Crippen LogP contribution in [0.3, 0.4) is 0 Å². The molecule has 1 aliphatic heterocycles. The fourth-order valence-corrected chi connectivity index (χ4v) is 2.27. The summed E-state index contributed by atoms with van der Waals surface area (Å²) in [4.78, 5) is 29.7. The summed E-state index contributed by atoms with van der Waals surface area (Å²) in [5.74, 6) is 0.303. The quantitative estimate of drug-likeness (QED) is 0.884. The molecule has 0 radical (unpaired) electrons. The number of carbonyl (C=O) groups excluding carboxylic acids is 2. The summed E-state index contributed by atoms with van der Waals surface area (Å²) in [5.41, 5.74) is 1.65. The minimum Gasteiger partial charge on any atom is -0.348 e. The van der Waals surface area contributed by atoms with Gasteiger partial charge < -0.3 is 10.2 Å². The molecule has 104 valence electrons. The molecule has 5 nitrogen and oxygen atoms in total. The van der Waals surface area contributed by atoms with Crippen molar-refractivity contribution in [2.24, 2.45) is 5.92 Å². The standard InChI is InChI=1S/C15H17N3O2/c19-14(17-9-11-2-1-6-16-8-11)13-5-7-18(10-13)15(20)12-3-4-12/h1-2,5-6,8,12H,3-4,7,9-10H2,(H,17,19). The Morgan fingerprint density at radius 2 is 2.25 bits per heavy atom. The number of nitrogens with zero attached hydrogens (tertiary/aromatic N) is 2. The molecule has 1 aromatic heterocycles. The molecule has 0 unspecified atom stereocenters. The van der Waals surface area contributed by atoms with Gasteiger partial charge in [0.05, 0.1) is 6.54 Å². The molecule has 2 aliphatic rings. The zero-order valence-electron chi connectivity index (χ0n) is 11.2. The molecule has 0 bridgehead atoms. The molecule has 0 spiro atoms. The van der Waals surface area contributed by atoms with Crippen LogP contribution in [0, 0.1) is 5.92 Å². The van der Waals surface area contributed by atoms with E-state index in [1.54, 1.807) is 17.3 Å². The molecule has 3 rings (SSSR count). The number of rotatable bonds is 4. The van der Waals surface area contributed by atoms with E-state index in [0.29, 0.717) is 25.2 Å². The molecule has 2 heterocycles. The van der Waals surface area contributed by atoms with Gasteiger partial charge in [0.2, 0.25) is 11.8 Å². The van der Waals surface area contributed by atoms with Gasteiger partial charge in [-0.1, -0.05) is 12.1 Å². The number of hydrogen-bond donors (Lipinski definition) is 1. The van der Waals surface area contributed by atoms with Gasteiger partial charge in [-0.05, 0) is 24.5 Å². The van der Waals surface area contributed by atoms with Crippen LogP contribution in [-0.2, 0) is 16.1 Å². The third kappa shape index (κ3) is 2.87. The van der Waals surface area contributed by atoms with Crippen LogP contribution in [0.1, 0.15) is 18.4 Å². The molecule has 1 fully saturated rings. The highest BCUT2D eigenvalue weighted by atomic mass is 16.2. The summed E-state index contributed by atoms with van der Waals surface area (Å²) in [5, 5.41) is 2.86. The van der Waals surface area contributed by atoms with Crippen molar-refractivity contribution in [1.29, 1.82) is 0 Å². The predicted molar refractivity (Wildman–Crippen MR) is 73.5 cm³/mol. The number of carbonyl (C=O) groups is 2. The van der Waals surface area contributed by atoms with Gasteiger partial charge in [0.15, 0.2) is 0 Å². The Hall–Kier alpha value is -2.17. The normalized spacial score (nSPS) is 17.8. The van der Waals surface area contributed by atoms with Gasteiger partial charge in [0, 0.05) is 37.0 Å². The maximum Gasteiger partial charge on any atom is 0.249 e. The van der Waals surface area contributed by atoms with Crippen LogP contribution in [0.15, 0.2) is 36.2 Å². The lowest BCUT2D eigenvalue weighted by Gasteiger charge is -2.15. The summed E-state index contributed by atoms with van der Waals surface area (Å²) in [6, 6.07) is 3.76. The molecule has 0 atom stereocenters. The average molecular weight is 271 g/mol. The first kappa shape index (κ1) is 12.8. The molecule has 20 heavy (non-hydrogen) atoms. The molecule has 1 aromatic rings. The average Bonchev–Trinajstić information content (AvgIpc) is 3.22. The lowest BCUT2D eigenvalue weighted by molar-refractivity contribution is -0.131. The molecule has 1 saturated carbocycles. The third-order valence-electron chi connectivity index (χ3n) is 3.63. The molecule has 0 saturated heterocycles. The highest BCUT2D eigenvalue weighted by molar-refractivity contribution is 5.95. The summed E-state index contributed by atoms with van der Waals surface area (Å²) in [6.45, 7) is 1.46. The lowest BCUT2D eigenvalue weighted by atomic mass is 10.2. The minimum absolute atomic E-state index is 0.0973. The zero-order valence-corrected chi connectivity index (χ0v) is 11.2. The predicted octanol–water partition coefficient (Wildman–Crippen LogP) is 0.876. The first-order valence-corrected chi connectivity index (χ1v) is 6.89. The van der Waals surface area contributed by atoms with E-state index in [4.69, 9.17) is 0 Å². The van der Waals surface area contributed by atoms with Gasteiger partial charge in [-0.2, -0.15) is 0 Å². The van der Waals surface area contributed by atoms with Crippen LogP contribution in [0.4, 0.5) is 0 Å². The van der Waals surface area contributed by atoms with E-state index in [1.165, 1.54) is 0 Å². The van der Waals surface area contributed by atoms with E-state index in [2.05, 4.69) is 10.3 Å². The second-order valence-corrected chi connectivity index (χ2v) is 5.27. The van der Waals surface area contributed by atoms with Gasteiger partial charge >= 0.3 is 0 Å². The van der Waals surface area contributed by atoms with Crippen LogP contribution in [0.5, 0.6) is 0 Å². The smallest absolute Gasteiger partial charge is 0.249 e. The Kier molecular flexibility index (Phi) is 3.50. The van der Waals surface area contributed by atoms with Crippen molar-refractivity contribution in [3.63, 3.8) is 0 Å². The van der Waals surface area contributed by atoms with E-state index in [0.717, 1.165) is 18.4 Å². The summed E-state index contributed by atoms with van der Waals surface area (Å²) >= 11 is 0. The van der Waals surface area contributed by atoms with Crippen LogP contribution < -0.4 is 5.32 Å². The first-order chi connectivity index (χ1) is 9.74. The third-order valence-corrected chi connectivity index (χ3v) is 3.63. The second-order valence-electron chi connectivity index (χ2n) is 5.27. The van der Waals surface area contributed by atoms with E-state index in [9.17, 15) is 9.59 Å². The molecular formula is C15H17N3O2. The summed E-state index contributed by atoms with van der Waals surface area (Å²) in [6.07, 6.45) is 7.27. The first-order valence-electron chi connectivity index (χ1n) is 6.89. The van der Waals surface area contributed by atoms with Crippen LogP contribution in [-0.4, -0.2) is 34.8 Å². The Balaban J connectivity index is 1.50.